The van der Waals surface area contributed by atoms with Crippen LogP contribution in [0.25, 0.3) is 0 Å². The van der Waals surface area contributed by atoms with Crippen molar-refractivity contribution in [3.8, 4) is 6.07 Å². The molecule has 0 fully saturated rings. The van der Waals surface area contributed by atoms with E-state index in [4.69, 9.17) is 23.2 Å². The molecule has 3 heteroatoms. The monoisotopic (exact) mass is 242 g/mol. The fourth-order valence-corrected chi connectivity index (χ4v) is 1.41. The van der Waals surface area contributed by atoms with Gasteiger partial charge < -0.3 is 5.73 Å². The number of allylic oxidation sites excluding steroid dienone is 9. The Balaban J connectivity index is 0.000000239. The van der Waals surface area contributed by atoms with Gasteiger partial charge in [0.2, 0.25) is 0 Å². The van der Waals surface area contributed by atoms with E-state index < -0.39 is 0 Å². The predicted octanol–water partition coefficient (Wildman–Crippen LogP) is 3.11. The summed E-state index contributed by atoms with van der Waals surface area (Å²) in [5.74, 6) is 0. The van der Waals surface area contributed by atoms with Gasteiger partial charge in [0.15, 0.2) is 0 Å². The highest BCUT2D eigenvalue weighted by molar-refractivity contribution is 7.80. The van der Waals surface area contributed by atoms with Crippen molar-refractivity contribution in [3.05, 3.63) is 59.8 Å². The van der Waals surface area contributed by atoms with Crippen molar-refractivity contribution >= 4 is 17.2 Å². The summed E-state index contributed by atoms with van der Waals surface area (Å²) in [5.41, 5.74) is 6.76. The number of nitriles is 1. The zero-order chi connectivity index (χ0) is 12.5. The molecule has 0 aromatic heterocycles. The molecular formula is C14H14N2S. The van der Waals surface area contributed by atoms with Gasteiger partial charge in [0, 0.05) is 0 Å². The molecule has 17 heavy (non-hydrogen) atoms. The predicted molar refractivity (Wildman–Crippen MR) is 75.2 cm³/mol. The first-order valence-corrected chi connectivity index (χ1v) is 5.74. The van der Waals surface area contributed by atoms with Crippen LogP contribution in [0, 0.1) is 11.3 Å². The molecule has 0 aromatic rings. The number of nitrogens with zero attached hydrogens (tertiary/aromatic N) is 1. The number of hydrogen-bond donors (Lipinski definition) is 1. The van der Waals surface area contributed by atoms with E-state index in [1.165, 1.54) is 0 Å². The van der Waals surface area contributed by atoms with Gasteiger partial charge in [-0.15, -0.1) is 0 Å². The van der Waals surface area contributed by atoms with Crippen molar-refractivity contribution in [3.63, 3.8) is 0 Å². The largest absolute Gasteiger partial charge is 0.389 e. The number of thiocarbonyl (C=S) groups is 1. The molecule has 86 valence electrons. The zero-order valence-corrected chi connectivity index (χ0v) is 10.3. The zero-order valence-electron chi connectivity index (χ0n) is 9.47. The second-order valence-corrected chi connectivity index (χ2v) is 3.94. The summed E-state index contributed by atoms with van der Waals surface area (Å²) in [7, 11) is 0. The lowest BCUT2D eigenvalue weighted by Crippen LogP contribution is -2.09. The summed E-state index contributed by atoms with van der Waals surface area (Å²) in [6, 6.07) is 1.95. The molecule has 2 aliphatic carbocycles. The SMILES string of the molecule is C1=CCC=C1.N#C/C(=C\C1=CC=CC1)C(N)=S. The van der Waals surface area contributed by atoms with Crippen molar-refractivity contribution in [2.24, 2.45) is 5.73 Å². The van der Waals surface area contributed by atoms with E-state index in [1.54, 1.807) is 6.08 Å². The van der Waals surface area contributed by atoms with Gasteiger partial charge in [-0.3, -0.25) is 0 Å². The summed E-state index contributed by atoms with van der Waals surface area (Å²) < 4.78 is 0. The molecule has 2 rings (SSSR count). The van der Waals surface area contributed by atoms with Gasteiger partial charge in [0.25, 0.3) is 0 Å². The van der Waals surface area contributed by atoms with Crippen LogP contribution in [0.5, 0.6) is 0 Å². The van der Waals surface area contributed by atoms with E-state index in [-0.39, 0.29) is 4.99 Å². The first-order valence-electron chi connectivity index (χ1n) is 5.33. The molecule has 0 aliphatic heterocycles. The van der Waals surface area contributed by atoms with E-state index in [9.17, 15) is 0 Å². The molecule has 0 aromatic carbocycles. The van der Waals surface area contributed by atoms with Crippen LogP contribution in [0.4, 0.5) is 0 Å². The molecule has 0 atom stereocenters. The fourth-order valence-electron chi connectivity index (χ4n) is 1.31. The first-order chi connectivity index (χ1) is 8.24. The number of hydrogen-bond acceptors (Lipinski definition) is 2. The van der Waals surface area contributed by atoms with Crippen LogP contribution in [0.1, 0.15) is 12.8 Å². The second-order valence-electron chi connectivity index (χ2n) is 3.50. The molecule has 0 unspecified atom stereocenters. The van der Waals surface area contributed by atoms with Gasteiger partial charge in [-0.25, -0.2) is 0 Å². The Kier molecular flexibility index (Phi) is 5.70. The van der Waals surface area contributed by atoms with Gasteiger partial charge in [-0.2, -0.15) is 5.26 Å². The van der Waals surface area contributed by atoms with E-state index in [2.05, 4.69) is 24.3 Å². The molecule has 0 heterocycles. The highest BCUT2D eigenvalue weighted by atomic mass is 32.1. The van der Waals surface area contributed by atoms with Crippen LogP contribution < -0.4 is 5.73 Å². The van der Waals surface area contributed by atoms with Crippen LogP contribution in [0.3, 0.4) is 0 Å². The van der Waals surface area contributed by atoms with E-state index in [0.717, 1.165) is 18.4 Å². The molecule has 2 N–H and O–H groups in total. The third-order valence-electron chi connectivity index (χ3n) is 2.17. The van der Waals surface area contributed by atoms with Crippen molar-refractivity contribution in [1.82, 2.24) is 0 Å². The standard InChI is InChI=1S/C9H8N2S.C5H6/c10-6-8(9(11)12)5-7-3-1-2-4-7;1-2-4-5-3-1/h1-3,5H,4H2,(H2,11,12);1-4H,5H2/b8-5+;. The molecule has 0 saturated carbocycles. The highest BCUT2D eigenvalue weighted by Crippen LogP contribution is 2.13. The minimum Gasteiger partial charge on any atom is -0.389 e. The topological polar surface area (TPSA) is 49.8 Å². The maximum atomic E-state index is 8.62. The molecule has 2 aliphatic rings. The third-order valence-corrected chi connectivity index (χ3v) is 2.39. The first kappa shape index (κ1) is 13.1. The molecular weight excluding hydrogens is 228 g/mol. The maximum absolute atomic E-state index is 8.62. The minimum absolute atomic E-state index is 0.158. The maximum Gasteiger partial charge on any atom is 0.114 e. The molecule has 0 saturated heterocycles. The fraction of sp³-hybridized carbons (Fsp3) is 0.143. The average Bonchev–Trinajstić information content (AvgIpc) is 3.01. The van der Waals surface area contributed by atoms with Crippen molar-refractivity contribution in [1.29, 1.82) is 5.26 Å². The Hall–Kier alpha value is -1.92. The smallest absolute Gasteiger partial charge is 0.114 e. The number of nitrogens with two attached hydrogens (primary N) is 1. The Bertz CT molecular complexity index is 461. The van der Waals surface area contributed by atoms with Gasteiger partial charge in [-0.1, -0.05) is 54.8 Å². The third kappa shape index (κ3) is 5.10. The van der Waals surface area contributed by atoms with Crippen LogP contribution in [0.2, 0.25) is 0 Å². The lowest BCUT2D eigenvalue weighted by Gasteiger charge is -1.94. The lowest BCUT2D eigenvalue weighted by molar-refractivity contribution is 1.33. The lowest BCUT2D eigenvalue weighted by atomic mass is 10.1. The van der Waals surface area contributed by atoms with Crippen molar-refractivity contribution in [2.75, 3.05) is 0 Å². The van der Waals surface area contributed by atoms with Gasteiger partial charge >= 0.3 is 0 Å². The Morgan fingerprint density at radius 1 is 1.29 bits per heavy atom. The van der Waals surface area contributed by atoms with Crippen LogP contribution in [-0.2, 0) is 0 Å². The Labute approximate surface area is 107 Å². The number of rotatable bonds is 2. The van der Waals surface area contributed by atoms with Gasteiger partial charge in [0.05, 0.1) is 5.57 Å². The van der Waals surface area contributed by atoms with Gasteiger partial charge in [-0.05, 0) is 24.5 Å². The van der Waals surface area contributed by atoms with E-state index >= 15 is 0 Å². The highest BCUT2D eigenvalue weighted by Gasteiger charge is 2.01. The quantitative estimate of drug-likeness (QED) is 0.460. The summed E-state index contributed by atoms with van der Waals surface area (Å²) in [6.45, 7) is 0. The van der Waals surface area contributed by atoms with Gasteiger partial charge in [0.1, 0.15) is 11.1 Å². The summed E-state index contributed by atoms with van der Waals surface area (Å²) in [4.78, 5) is 0.158. The van der Waals surface area contributed by atoms with E-state index in [0.29, 0.717) is 5.57 Å². The molecule has 2 nitrogen and oxygen atoms in total. The van der Waals surface area contributed by atoms with Crippen LogP contribution in [0.15, 0.2) is 59.8 Å². The van der Waals surface area contributed by atoms with Crippen LogP contribution >= 0.6 is 12.2 Å². The molecule has 0 amide bonds. The Morgan fingerprint density at radius 2 is 2.00 bits per heavy atom. The summed E-state index contributed by atoms with van der Waals surface area (Å²) in [5, 5.41) is 8.62. The summed E-state index contributed by atoms with van der Waals surface area (Å²) in [6.07, 6.45) is 18.0. The van der Waals surface area contributed by atoms with Crippen LogP contribution in [-0.4, -0.2) is 4.99 Å². The summed E-state index contributed by atoms with van der Waals surface area (Å²) >= 11 is 4.69. The minimum atomic E-state index is 0.158. The van der Waals surface area contributed by atoms with Crippen molar-refractivity contribution in [2.45, 2.75) is 12.8 Å². The normalized spacial score (nSPS) is 16.2. The molecule has 0 radical (unpaired) electrons. The second kappa shape index (κ2) is 7.37. The Morgan fingerprint density at radius 3 is 2.35 bits per heavy atom. The molecule has 0 spiro atoms. The molecule has 0 bridgehead atoms. The average molecular weight is 242 g/mol. The van der Waals surface area contributed by atoms with E-state index in [1.807, 2.05) is 24.3 Å². The van der Waals surface area contributed by atoms with Crippen molar-refractivity contribution < 1.29 is 0 Å².